The van der Waals surface area contributed by atoms with E-state index < -0.39 is 28.5 Å². The van der Waals surface area contributed by atoms with Crippen molar-refractivity contribution in [1.82, 2.24) is 10.2 Å². The maximum Gasteiger partial charge on any atom is 0.264 e. The predicted molar refractivity (Wildman–Crippen MR) is 161 cm³/mol. The molecule has 1 fully saturated rings. The number of anilines is 1. The molecular weight excluding hydrogens is 562 g/mol. The number of amides is 2. The van der Waals surface area contributed by atoms with Crippen LogP contribution in [0.2, 0.25) is 5.02 Å². The molecule has 1 saturated carbocycles. The number of sulfonamides is 1. The molecule has 218 valence electrons. The van der Waals surface area contributed by atoms with Crippen LogP contribution < -0.4 is 14.4 Å². The highest BCUT2D eigenvalue weighted by molar-refractivity contribution is 7.92. The zero-order valence-corrected chi connectivity index (χ0v) is 25.1. The molecule has 2 amide bonds. The number of nitrogens with one attached hydrogen (secondary N) is 1. The van der Waals surface area contributed by atoms with Crippen molar-refractivity contribution in [2.75, 3.05) is 18.0 Å². The van der Waals surface area contributed by atoms with Gasteiger partial charge in [-0.3, -0.25) is 13.9 Å². The number of hydrogen-bond acceptors (Lipinski definition) is 5. The lowest BCUT2D eigenvalue weighted by Crippen LogP contribution is -2.52. The van der Waals surface area contributed by atoms with Gasteiger partial charge in [0.1, 0.15) is 18.3 Å². The second-order valence-corrected chi connectivity index (χ2v) is 12.6. The molecule has 0 saturated heterocycles. The monoisotopic (exact) mass is 597 g/mol. The fraction of sp³-hybridized carbons (Fsp3) is 0.355. The van der Waals surface area contributed by atoms with E-state index in [2.05, 4.69) is 5.32 Å². The molecule has 0 heterocycles. The van der Waals surface area contributed by atoms with Crippen LogP contribution in [-0.2, 0) is 26.2 Å². The number of aryl methyl sites for hydroxylation is 1. The predicted octanol–water partition coefficient (Wildman–Crippen LogP) is 5.33. The molecule has 3 aromatic carbocycles. The Kier molecular flexibility index (Phi) is 9.94. The molecule has 0 bridgehead atoms. The highest BCUT2D eigenvalue weighted by Gasteiger charge is 2.33. The summed E-state index contributed by atoms with van der Waals surface area (Å²) in [7, 11) is -2.58. The number of benzene rings is 3. The number of carbonyl (C=O) groups excluding carboxylic acids is 2. The van der Waals surface area contributed by atoms with Crippen LogP contribution in [0, 0.1) is 6.92 Å². The lowest BCUT2D eigenvalue weighted by atomic mass is 10.1. The Morgan fingerprint density at radius 1 is 1.02 bits per heavy atom. The van der Waals surface area contributed by atoms with Crippen LogP contribution in [0.1, 0.15) is 43.7 Å². The standard InChI is InChI=1S/C31H36ClN3O5S/c1-22-11-17-29(18-12-22)41(38,39)35(27-15-13-25(32)14-16-27)21-30(36)34(20-24-7-6-10-28(19-24)40-3)23(2)31(37)33-26-8-4-5-9-26/h6-7,10-19,23,26H,4-5,8-9,20-21H2,1-3H3,(H,33,37). The zero-order valence-electron chi connectivity index (χ0n) is 23.5. The summed E-state index contributed by atoms with van der Waals surface area (Å²) < 4.78 is 34.2. The second-order valence-electron chi connectivity index (χ2n) is 10.3. The van der Waals surface area contributed by atoms with E-state index in [-0.39, 0.29) is 29.1 Å². The highest BCUT2D eigenvalue weighted by atomic mass is 35.5. The number of ether oxygens (including phenoxy) is 1. The van der Waals surface area contributed by atoms with Crippen LogP contribution in [0.15, 0.2) is 77.7 Å². The summed E-state index contributed by atoms with van der Waals surface area (Å²) in [5.41, 5.74) is 1.94. The van der Waals surface area contributed by atoms with Gasteiger partial charge in [0.05, 0.1) is 17.7 Å². The van der Waals surface area contributed by atoms with Crippen LogP contribution in [0.3, 0.4) is 0 Å². The quantitative estimate of drug-likeness (QED) is 0.322. The molecule has 8 nitrogen and oxygen atoms in total. The van der Waals surface area contributed by atoms with Crippen LogP contribution in [-0.4, -0.2) is 50.9 Å². The normalized spacial score (nSPS) is 14.3. The fourth-order valence-electron chi connectivity index (χ4n) is 4.92. The van der Waals surface area contributed by atoms with Crippen LogP contribution in [0.4, 0.5) is 5.69 Å². The molecule has 1 unspecified atom stereocenters. The minimum absolute atomic E-state index is 0.0530. The zero-order chi connectivity index (χ0) is 29.6. The highest BCUT2D eigenvalue weighted by Crippen LogP contribution is 2.27. The Morgan fingerprint density at radius 2 is 1.68 bits per heavy atom. The molecule has 0 radical (unpaired) electrons. The summed E-state index contributed by atoms with van der Waals surface area (Å²) >= 11 is 6.08. The van der Waals surface area contributed by atoms with Crippen LogP contribution in [0.5, 0.6) is 5.75 Å². The molecule has 1 atom stereocenters. The fourth-order valence-corrected chi connectivity index (χ4v) is 6.46. The number of halogens is 1. The molecule has 0 aromatic heterocycles. The molecule has 3 aromatic rings. The summed E-state index contributed by atoms with van der Waals surface area (Å²) in [5, 5.41) is 3.51. The molecule has 4 rings (SSSR count). The van der Waals surface area contributed by atoms with Crippen molar-refractivity contribution < 1.29 is 22.7 Å². The Balaban J connectivity index is 1.68. The van der Waals surface area contributed by atoms with Gasteiger partial charge in [-0.25, -0.2) is 8.42 Å². The first-order valence-corrected chi connectivity index (χ1v) is 15.5. The summed E-state index contributed by atoms with van der Waals surface area (Å²) in [6.45, 7) is 3.12. The van der Waals surface area contributed by atoms with Gasteiger partial charge in [0.15, 0.2) is 0 Å². The molecule has 0 spiro atoms. The molecule has 1 aliphatic rings. The third-order valence-electron chi connectivity index (χ3n) is 7.36. The van der Waals surface area contributed by atoms with Gasteiger partial charge >= 0.3 is 0 Å². The van der Waals surface area contributed by atoms with E-state index >= 15 is 0 Å². The molecule has 1 aliphatic carbocycles. The minimum Gasteiger partial charge on any atom is -0.497 e. The van der Waals surface area contributed by atoms with E-state index in [0.29, 0.717) is 10.8 Å². The van der Waals surface area contributed by atoms with Crippen molar-refractivity contribution in [3.8, 4) is 5.75 Å². The van der Waals surface area contributed by atoms with Gasteiger partial charge in [0.2, 0.25) is 11.8 Å². The van der Waals surface area contributed by atoms with Crippen molar-refractivity contribution >= 4 is 39.1 Å². The number of nitrogens with zero attached hydrogens (tertiary/aromatic N) is 2. The van der Waals surface area contributed by atoms with Gasteiger partial charge in [0.25, 0.3) is 10.0 Å². The number of methoxy groups -OCH3 is 1. The number of carbonyl (C=O) groups is 2. The number of rotatable bonds is 11. The Hall–Kier alpha value is -3.56. The first kappa shape index (κ1) is 30.4. The van der Waals surface area contributed by atoms with E-state index in [1.165, 1.54) is 17.0 Å². The average Bonchev–Trinajstić information content (AvgIpc) is 3.48. The van der Waals surface area contributed by atoms with Crippen LogP contribution >= 0.6 is 11.6 Å². The van der Waals surface area contributed by atoms with E-state index in [1.54, 1.807) is 62.6 Å². The van der Waals surface area contributed by atoms with Gasteiger partial charge in [-0.1, -0.05) is 54.3 Å². The van der Waals surface area contributed by atoms with Gasteiger partial charge in [-0.2, -0.15) is 0 Å². The molecule has 10 heteroatoms. The van der Waals surface area contributed by atoms with Crippen molar-refractivity contribution in [3.63, 3.8) is 0 Å². The second kappa shape index (κ2) is 13.4. The van der Waals surface area contributed by atoms with Gasteiger partial charge in [0, 0.05) is 17.6 Å². The van der Waals surface area contributed by atoms with E-state index in [4.69, 9.17) is 16.3 Å². The Labute approximate surface area is 247 Å². The Morgan fingerprint density at radius 3 is 2.32 bits per heavy atom. The number of hydrogen-bond donors (Lipinski definition) is 1. The van der Waals surface area contributed by atoms with E-state index in [0.717, 1.165) is 41.1 Å². The van der Waals surface area contributed by atoms with Crippen molar-refractivity contribution in [3.05, 3.63) is 88.9 Å². The summed E-state index contributed by atoms with van der Waals surface area (Å²) in [6.07, 6.45) is 3.92. The van der Waals surface area contributed by atoms with Gasteiger partial charge < -0.3 is 15.0 Å². The largest absolute Gasteiger partial charge is 0.497 e. The van der Waals surface area contributed by atoms with Crippen molar-refractivity contribution in [1.29, 1.82) is 0 Å². The molecule has 41 heavy (non-hydrogen) atoms. The van der Waals surface area contributed by atoms with Crippen LogP contribution in [0.25, 0.3) is 0 Å². The topological polar surface area (TPSA) is 96.0 Å². The molecule has 0 aliphatic heterocycles. The van der Waals surface area contributed by atoms with Crippen molar-refractivity contribution in [2.45, 2.75) is 63.1 Å². The first-order valence-electron chi connectivity index (χ1n) is 13.7. The van der Waals surface area contributed by atoms with E-state index in [1.807, 2.05) is 19.1 Å². The lowest BCUT2D eigenvalue weighted by molar-refractivity contribution is -0.139. The van der Waals surface area contributed by atoms with Gasteiger partial charge in [-0.15, -0.1) is 0 Å². The molecule has 1 N–H and O–H groups in total. The Bertz CT molecular complexity index is 1460. The van der Waals surface area contributed by atoms with Crippen molar-refractivity contribution in [2.24, 2.45) is 0 Å². The first-order chi connectivity index (χ1) is 19.6. The summed E-state index contributed by atoms with van der Waals surface area (Å²) in [6, 6.07) is 19.2. The third-order valence-corrected chi connectivity index (χ3v) is 9.40. The summed E-state index contributed by atoms with van der Waals surface area (Å²) in [4.78, 5) is 28.9. The maximum absolute atomic E-state index is 14.1. The SMILES string of the molecule is COc1cccc(CN(C(=O)CN(c2ccc(Cl)cc2)S(=O)(=O)c2ccc(C)cc2)C(C)C(=O)NC2CCCC2)c1. The summed E-state index contributed by atoms with van der Waals surface area (Å²) in [5.74, 6) is -0.178. The molecular formula is C31H36ClN3O5S. The minimum atomic E-state index is -4.14. The third kappa shape index (κ3) is 7.59. The lowest BCUT2D eigenvalue weighted by Gasteiger charge is -2.32. The van der Waals surface area contributed by atoms with E-state index in [9.17, 15) is 18.0 Å². The van der Waals surface area contributed by atoms with Gasteiger partial charge in [-0.05, 0) is 80.8 Å². The average molecular weight is 598 g/mol. The smallest absolute Gasteiger partial charge is 0.264 e. The maximum atomic E-state index is 14.1.